The number of hydrogen-bond acceptors (Lipinski definition) is 4. The number of benzene rings is 2. The highest BCUT2D eigenvalue weighted by molar-refractivity contribution is 5.94. The minimum atomic E-state index is -4.60. The third kappa shape index (κ3) is 5.77. The minimum Gasteiger partial charge on any atom is -0.477 e. The first-order chi connectivity index (χ1) is 17.6. The molecule has 11 heteroatoms. The largest absolute Gasteiger partial charge is 0.477 e. The van der Waals surface area contributed by atoms with Gasteiger partial charge in [-0.25, -0.2) is 18.6 Å². The van der Waals surface area contributed by atoms with Crippen molar-refractivity contribution >= 4 is 16.9 Å². The van der Waals surface area contributed by atoms with Crippen molar-refractivity contribution in [1.82, 2.24) is 19.7 Å². The lowest BCUT2D eigenvalue weighted by Crippen LogP contribution is -2.08. The summed E-state index contributed by atoms with van der Waals surface area (Å²) in [5.41, 5.74) is -0.242. The van der Waals surface area contributed by atoms with Crippen molar-refractivity contribution in [3.05, 3.63) is 114 Å². The van der Waals surface area contributed by atoms with E-state index in [-0.39, 0.29) is 28.7 Å². The van der Waals surface area contributed by atoms with E-state index < -0.39 is 29.3 Å². The Balaban J connectivity index is 0.000000301. The standard InChI is InChI=1S/C20H12F5N3.C6H5NO2/c21-13-8-7-12(16(22)10-13)11-28-19(17-6-1-2-9-26-17)14-4-3-5-15(18(14)27-28)20(23,24)25;8-6(9)5-3-1-2-4-7-5/h1-10H,11H2;1-4H,(H,8,9). The van der Waals surface area contributed by atoms with E-state index in [2.05, 4.69) is 15.1 Å². The highest BCUT2D eigenvalue weighted by Crippen LogP contribution is 2.37. The van der Waals surface area contributed by atoms with Gasteiger partial charge in [-0.1, -0.05) is 30.3 Å². The van der Waals surface area contributed by atoms with Gasteiger partial charge in [0.05, 0.1) is 23.5 Å². The molecule has 0 aliphatic heterocycles. The number of carboxylic acids is 1. The van der Waals surface area contributed by atoms with Gasteiger partial charge in [-0.05, 0) is 36.4 Å². The highest BCUT2D eigenvalue weighted by atomic mass is 19.4. The predicted molar refractivity (Wildman–Crippen MR) is 125 cm³/mol. The molecule has 3 heterocycles. The van der Waals surface area contributed by atoms with Crippen molar-refractivity contribution in [3.8, 4) is 11.4 Å². The monoisotopic (exact) mass is 512 g/mol. The molecule has 0 radical (unpaired) electrons. The van der Waals surface area contributed by atoms with Crippen LogP contribution in [0.5, 0.6) is 0 Å². The summed E-state index contributed by atoms with van der Waals surface area (Å²) in [5.74, 6) is -2.53. The number of hydrogen-bond donors (Lipinski definition) is 1. The van der Waals surface area contributed by atoms with Crippen LogP contribution in [0.1, 0.15) is 21.6 Å². The Labute approximate surface area is 206 Å². The number of carbonyl (C=O) groups is 1. The van der Waals surface area contributed by atoms with E-state index in [4.69, 9.17) is 5.11 Å². The fourth-order valence-electron chi connectivity index (χ4n) is 3.57. The first-order valence-electron chi connectivity index (χ1n) is 10.7. The average Bonchev–Trinajstić information content (AvgIpc) is 3.24. The van der Waals surface area contributed by atoms with E-state index in [1.54, 1.807) is 30.3 Å². The number of alkyl halides is 3. The number of carboxylic acid groups (broad SMARTS) is 1. The topological polar surface area (TPSA) is 80.9 Å². The van der Waals surface area contributed by atoms with E-state index in [9.17, 15) is 26.7 Å². The molecule has 0 saturated heterocycles. The number of aromatic nitrogens is 4. The summed E-state index contributed by atoms with van der Waals surface area (Å²) < 4.78 is 68.9. The summed E-state index contributed by atoms with van der Waals surface area (Å²) in [6.07, 6.45) is -1.64. The Bertz CT molecular complexity index is 1540. The Kier molecular flexibility index (Phi) is 7.23. The molecule has 5 aromatic rings. The van der Waals surface area contributed by atoms with E-state index in [1.807, 2.05) is 0 Å². The Morgan fingerprint density at radius 2 is 1.62 bits per heavy atom. The van der Waals surface area contributed by atoms with Gasteiger partial charge in [0.15, 0.2) is 0 Å². The van der Waals surface area contributed by atoms with Crippen LogP contribution in [0.2, 0.25) is 0 Å². The third-order valence-electron chi connectivity index (χ3n) is 5.20. The molecule has 0 aliphatic rings. The van der Waals surface area contributed by atoms with Crippen LogP contribution in [-0.2, 0) is 12.7 Å². The molecule has 0 aliphatic carbocycles. The number of aromatic carboxylic acids is 1. The first kappa shape index (κ1) is 25.4. The van der Waals surface area contributed by atoms with Crippen molar-refractivity contribution in [1.29, 1.82) is 0 Å². The second-order valence-corrected chi connectivity index (χ2v) is 7.68. The molecule has 2 aromatic carbocycles. The first-order valence-corrected chi connectivity index (χ1v) is 10.7. The second kappa shape index (κ2) is 10.5. The Hall–Kier alpha value is -4.67. The average molecular weight is 512 g/mol. The number of pyridine rings is 2. The van der Waals surface area contributed by atoms with Gasteiger partial charge in [0.2, 0.25) is 0 Å². The van der Waals surface area contributed by atoms with Crippen molar-refractivity contribution in [3.63, 3.8) is 0 Å². The fraction of sp³-hybridized carbons (Fsp3) is 0.0769. The van der Waals surface area contributed by atoms with Crippen LogP contribution in [0, 0.1) is 11.6 Å². The van der Waals surface area contributed by atoms with Crippen molar-refractivity contribution in [2.75, 3.05) is 0 Å². The maximum absolute atomic E-state index is 14.1. The normalized spacial score (nSPS) is 11.2. The van der Waals surface area contributed by atoms with Crippen LogP contribution in [-0.4, -0.2) is 30.8 Å². The van der Waals surface area contributed by atoms with Crippen LogP contribution in [0.4, 0.5) is 22.0 Å². The molecule has 5 rings (SSSR count). The van der Waals surface area contributed by atoms with Gasteiger partial charge in [0.25, 0.3) is 0 Å². The van der Waals surface area contributed by atoms with Crippen molar-refractivity contribution < 1.29 is 31.9 Å². The summed E-state index contributed by atoms with van der Waals surface area (Å²) in [4.78, 5) is 17.9. The summed E-state index contributed by atoms with van der Waals surface area (Å²) in [6.45, 7) is -0.177. The summed E-state index contributed by atoms with van der Waals surface area (Å²) >= 11 is 0. The highest BCUT2D eigenvalue weighted by Gasteiger charge is 2.34. The Morgan fingerprint density at radius 3 is 2.19 bits per heavy atom. The molecular formula is C26H17F5N4O2. The zero-order chi connectivity index (χ0) is 26.6. The van der Waals surface area contributed by atoms with Gasteiger partial charge in [0.1, 0.15) is 22.8 Å². The molecule has 0 saturated carbocycles. The molecule has 0 unspecified atom stereocenters. The van der Waals surface area contributed by atoms with E-state index in [0.29, 0.717) is 11.4 Å². The van der Waals surface area contributed by atoms with Gasteiger partial charge in [-0.15, -0.1) is 0 Å². The van der Waals surface area contributed by atoms with E-state index >= 15 is 0 Å². The van der Waals surface area contributed by atoms with Crippen LogP contribution < -0.4 is 0 Å². The lowest BCUT2D eigenvalue weighted by atomic mass is 10.1. The second-order valence-electron chi connectivity index (χ2n) is 7.68. The third-order valence-corrected chi connectivity index (χ3v) is 5.20. The van der Waals surface area contributed by atoms with Gasteiger partial charge in [-0.2, -0.15) is 18.3 Å². The number of rotatable bonds is 4. The van der Waals surface area contributed by atoms with E-state index in [1.165, 1.54) is 41.3 Å². The molecule has 0 spiro atoms. The van der Waals surface area contributed by atoms with Crippen LogP contribution in [0.3, 0.4) is 0 Å². The lowest BCUT2D eigenvalue weighted by Gasteiger charge is -2.08. The van der Waals surface area contributed by atoms with Crippen LogP contribution in [0.25, 0.3) is 22.3 Å². The molecule has 3 aromatic heterocycles. The number of fused-ring (bicyclic) bond motifs is 1. The van der Waals surface area contributed by atoms with Gasteiger partial charge >= 0.3 is 12.1 Å². The number of nitrogens with zero attached hydrogens (tertiary/aromatic N) is 4. The lowest BCUT2D eigenvalue weighted by molar-refractivity contribution is -0.136. The molecule has 0 atom stereocenters. The predicted octanol–water partition coefficient (Wildman–Crippen LogP) is 6.22. The molecular weight excluding hydrogens is 495 g/mol. The van der Waals surface area contributed by atoms with Gasteiger partial charge in [0, 0.05) is 29.4 Å². The zero-order valence-corrected chi connectivity index (χ0v) is 18.8. The van der Waals surface area contributed by atoms with Crippen LogP contribution >= 0.6 is 0 Å². The number of halogens is 5. The maximum atomic E-state index is 14.1. The van der Waals surface area contributed by atoms with Crippen molar-refractivity contribution in [2.45, 2.75) is 12.7 Å². The maximum Gasteiger partial charge on any atom is 0.418 e. The molecule has 37 heavy (non-hydrogen) atoms. The summed E-state index contributed by atoms with van der Waals surface area (Å²) in [6, 6.07) is 16.6. The van der Waals surface area contributed by atoms with Crippen molar-refractivity contribution in [2.24, 2.45) is 0 Å². The van der Waals surface area contributed by atoms with Gasteiger partial charge in [-0.3, -0.25) is 9.67 Å². The molecule has 188 valence electrons. The molecule has 0 bridgehead atoms. The molecule has 6 nitrogen and oxygen atoms in total. The van der Waals surface area contributed by atoms with Gasteiger partial charge < -0.3 is 5.11 Å². The SMILES string of the molecule is Fc1ccc(Cn2nc3c(C(F)(F)F)cccc3c2-c2ccccn2)c(F)c1.O=C(O)c1ccccn1. The minimum absolute atomic E-state index is 0.0810. The molecule has 1 N–H and O–H groups in total. The van der Waals surface area contributed by atoms with E-state index in [0.717, 1.165) is 18.2 Å². The molecule has 0 fully saturated rings. The zero-order valence-electron chi connectivity index (χ0n) is 18.8. The quantitative estimate of drug-likeness (QED) is 0.289. The summed E-state index contributed by atoms with van der Waals surface area (Å²) in [7, 11) is 0. The Morgan fingerprint density at radius 1 is 0.892 bits per heavy atom. The molecule has 0 amide bonds. The fourth-order valence-corrected chi connectivity index (χ4v) is 3.57. The summed E-state index contributed by atoms with van der Waals surface area (Å²) in [5, 5.41) is 12.7. The smallest absolute Gasteiger partial charge is 0.418 e. The van der Waals surface area contributed by atoms with Crippen LogP contribution in [0.15, 0.2) is 85.2 Å².